The first-order valence-electron chi connectivity index (χ1n) is 6.97. The fourth-order valence-corrected chi connectivity index (χ4v) is 2.59. The van der Waals surface area contributed by atoms with Crippen LogP contribution in [0.3, 0.4) is 0 Å². The Balaban J connectivity index is 2.36. The Morgan fingerprint density at radius 2 is 2.14 bits per heavy atom. The van der Waals surface area contributed by atoms with Crippen LogP contribution in [0.4, 0.5) is 24.9 Å². The van der Waals surface area contributed by atoms with E-state index in [9.17, 15) is 13.2 Å². The summed E-state index contributed by atoms with van der Waals surface area (Å²) in [5, 5.41) is 11.7. The molecule has 21 heavy (non-hydrogen) atoms. The molecule has 1 fully saturated rings. The van der Waals surface area contributed by atoms with E-state index in [0.29, 0.717) is 13.0 Å². The number of aliphatic hydroxyl groups is 1. The third-order valence-corrected chi connectivity index (χ3v) is 3.61. The Kier molecular flexibility index (Phi) is 4.87. The molecule has 1 aromatic rings. The SMILES string of the molecule is CNc1nc(N2CCCCC2CCO)cc(C(F)(F)F)n1. The van der Waals surface area contributed by atoms with E-state index in [1.165, 1.54) is 7.05 Å². The van der Waals surface area contributed by atoms with E-state index in [1.807, 2.05) is 4.90 Å². The summed E-state index contributed by atoms with van der Waals surface area (Å²) in [4.78, 5) is 9.45. The van der Waals surface area contributed by atoms with Crippen molar-refractivity contribution in [2.45, 2.75) is 37.9 Å². The van der Waals surface area contributed by atoms with E-state index in [1.54, 1.807) is 0 Å². The van der Waals surface area contributed by atoms with Crippen molar-refractivity contribution in [2.75, 3.05) is 30.4 Å². The van der Waals surface area contributed by atoms with Gasteiger partial charge in [0.15, 0.2) is 5.69 Å². The molecule has 2 heterocycles. The molecule has 1 atom stereocenters. The maximum absolute atomic E-state index is 12.9. The van der Waals surface area contributed by atoms with Crippen LogP contribution >= 0.6 is 0 Å². The minimum Gasteiger partial charge on any atom is -0.396 e. The largest absolute Gasteiger partial charge is 0.433 e. The zero-order valence-electron chi connectivity index (χ0n) is 11.8. The van der Waals surface area contributed by atoms with Crippen molar-refractivity contribution in [1.29, 1.82) is 0 Å². The third-order valence-electron chi connectivity index (χ3n) is 3.61. The van der Waals surface area contributed by atoms with Crippen LogP contribution in [-0.4, -0.2) is 41.3 Å². The Bertz CT molecular complexity index is 479. The Labute approximate surface area is 121 Å². The molecular weight excluding hydrogens is 285 g/mol. The van der Waals surface area contributed by atoms with E-state index in [4.69, 9.17) is 5.11 Å². The maximum Gasteiger partial charge on any atom is 0.433 e. The van der Waals surface area contributed by atoms with Crippen molar-refractivity contribution in [2.24, 2.45) is 0 Å². The lowest BCUT2D eigenvalue weighted by Crippen LogP contribution is -2.41. The summed E-state index contributed by atoms with van der Waals surface area (Å²) in [6, 6.07) is 1.00. The van der Waals surface area contributed by atoms with Crippen LogP contribution in [0, 0.1) is 0 Å². The van der Waals surface area contributed by atoms with E-state index >= 15 is 0 Å². The van der Waals surface area contributed by atoms with Gasteiger partial charge in [-0.3, -0.25) is 0 Å². The van der Waals surface area contributed by atoms with E-state index in [0.717, 1.165) is 25.3 Å². The van der Waals surface area contributed by atoms with E-state index < -0.39 is 11.9 Å². The highest BCUT2D eigenvalue weighted by Gasteiger charge is 2.35. The first-order valence-corrected chi connectivity index (χ1v) is 6.97. The first kappa shape index (κ1) is 15.8. The molecule has 0 amide bonds. The van der Waals surface area contributed by atoms with Gasteiger partial charge in [-0.1, -0.05) is 0 Å². The number of halogens is 3. The zero-order chi connectivity index (χ0) is 15.5. The molecule has 0 saturated carbocycles. The van der Waals surface area contributed by atoms with Gasteiger partial charge in [-0.15, -0.1) is 0 Å². The number of nitrogens with one attached hydrogen (secondary N) is 1. The molecule has 1 saturated heterocycles. The van der Waals surface area contributed by atoms with E-state index in [2.05, 4.69) is 15.3 Å². The summed E-state index contributed by atoms with van der Waals surface area (Å²) in [6.45, 7) is 0.652. The smallest absolute Gasteiger partial charge is 0.396 e. The molecule has 1 aliphatic heterocycles. The lowest BCUT2D eigenvalue weighted by Gasteiger charge is -2.36. The summed E-state index contributed by atoms with van der Waals surface area (Å²) in [5.74, 6) is 0.216. The highest BCUT2D eigenvalue weighted by molar-refractivity contribution is 5.46. The second kappa shape index (κ2) is 6.46. The Morgan fingerprint density at radius 3 is 2.76 bits per heavy atom. The van der Waals surface area contributed by atoms with Crippen LogP contribution in [0.5, 0.6) is 0 Å². The van der Waals surface area contributed by atoms with Gasteiger partial charge in [0.05, 0.1) is 0 Å². The highest BCUT2D eigenvalue weighted by Crippen LogP contribution is 2.32. The highest BCUT2D eigenvalue weighted by atomic mass is 19.4. The van der Waals surface area contributed by atoms with Gasteiger partial charge in [0.2, 0.25) is 5.95 Å². The monoisotopic (exact) mass is 304 g/mol. The number of aliphatic hydroxyl groups excluding tert-OH is 1. The average molecular weight is 304 g/mol. The lowest BCUT2D eigenvalue weighted by molar-refractivity contribution is -0.141. The number of hydrogen-bond acceptors (Lipinski definition) is 5. The zero-order valence-corrected chi connectivity index (χ0v) is 11.8. The van der Waals surface area contributed by atoms with Crippen LogP contribution in [0.15, 0.2) is 6.07 Å². The van der Waals surface area contributed by atoms with Gasteiger partial charge in [-0.05, 0) is 25.7 Å². The fraction of sp³-hybridized carbons (Fsp3) is 0.692. The average Bonchev–Trinajstić information content (AvgIpc) is 2.47. The molecule has 2 rings (SSSR count). The second-order valence-corrected chi connectivity index (χ2v) is 5.04. The van der Waals surface area contributed by atoms with Crippen molar-refractivity contribution in [1.82, 2.24) is 9.97 Å². The molecule has 0 aromatic carbocycles. The number of alkyl halides is 3. The summed E-state index contributed by atoms with van der Waals surface area (Å²) in [7, 11) is 1.49. The molecule has 1 unspecified atom stereocenters. The van der Waals surface area contributed by atoms with Gasteiger partial charge in [-0.25, -0.2) is 4.98 Å². The number of anilines is 2. The second-order valence-electron chi connectivity index (χ2n) is 5.04. The van der Waals surface area contributed by atoms with Crippen molar-refractivity contribution in [3.8, 4) is 0 Å². The summed E-state index contributed by atoms with van der Waals surface area (Å²) in [5.41, 5.74) is -0.954. The first-order chi connectivity index (χ1) is 9.95. The number of piperidine rings is 1. The van der Waals surface area contributed by atoms with Gasteiger partial charge in [0.1, 0.15) is 5.82 Å². The lowest BCUT2D eigenvalue weighted by atomic mass is 9.99. The molecule has 0 spiro atoms. The summed E-state index contributed by atoms with van der Waals surface area (Å²) >= 11 is 0. The van der Waals surface area contributed by atoms with Crippen molar-refractivity contribution in [3.63, 3.8) is 0 Å². The molecule has 0 radical (unpaired) electrons. The molecule has 5 nitrogen and oxygen atoms in total. The van der Waals surface area contributed by atoms with Gasteiger partial charge in [-0.2, -0.15) is 18.2 Å². The number of rotatable bonds is 4. The topological polar surface area (TPSA) is 61.3 Å². The predicted octanol–water partition coefficient (Wildman–Crippen LogP) is 2.28. The standard InChI is InChI=1S/C13H19F3N4O/c1-17-12-18-10(13(14,15)16)8-11(19-12)20-6-3-2-4-9(20)5-7-21/h8-9,21H,2-7H2,1H3,(H,17,18,19). The van der Waals surface area contributed by atoms with Gasteiger partial charge in [0, 0.05) is 32.3 Å². The normalized spacial score (nSPS) is 19.7. The molecule has 0 aliphatic carbocycles. The van der Waals surface area contributed by atoms with Gasteiger partial charge in [0.25, 0.3) is 0 Å². The Hall–Kier alpha value is -1.57. The van der Waals surface area contributed by atoms with Crippen LogP contribution in [0.25, 0.3) is 0 Å². The van der Waals surface area contributed by atoms with Crippen molar-refractivity contribution >= 4 is 11.8 Å². The van der Waals surface area contributed by atoms with Crippen LogP contribution in [-0.2, 0) is 6.18 Å². The molecule has 1 aromatic heterocycles. The molecule has 118 valence electrons. The molecular formula is C13H19F3N4O. The summed E-state index contributed by atoms with van der Waals surface area (Å²) in [6.07, 6.45) is -1.22. The minimum absolute atomic E-state index is 0.0112. The van der Waals surface area contributed by atoms with Gasteiger partial charge >= 0.3 is 6.18 Å². The molecule has 8 heteroatoms. The number of hydrogen-bond donors (Lipinski definition) is 2. The number of aromatic nitrogens is 2. The van der Waals surface area contributed by atoms with Crippen molar-refractivity contribution in [3.05, 3.63) is 11.8 Å². The predicted molar refractivity (Wildman–Crippen MR) is 73.3 cm³/mol. The van der Waals surface area contributed by atoms with E-state index in [-0.39, 0.29) is 24.4 Å². The van der Waals surface area contributed by atoms with Gasteiger partial charge < -0.3 is 15.3 Å². The van der Waals surface area contributed by atoms with Crippen LogP contribution in [0.2, 0.25) is 0 Å². The molecule has 2 N–H and O–H groups in total. The fourth-order valence-electron chi connectivity index (χ4n) is 2.59. The maximum atomic E-state index is 12.9. The third kappa shape index (κ3) is 3.75. The Morgan fingerprint density at radius 1 is 1.38 bits per heavy atom. The minimum atomic E-state index is -4.51. The van der Waals surface area contributed by atoms with Crippen LogP contribution < -0.4 is 10.2 Å². The van der Waals surface area contributed by atoms with Crippen LogP contribution in [0.1, 0.15) is 31.4 Å². The number of nitrogens with zero attached hydrogens (tertiary/aromatic N) is 3. The quantitative estimate of drug-likeness (QED) is 0.893. The molecule has 0 bridgehead atoms. The molecule has 1 aliphatic rings. The van der Waals surface area contributed by atoms with Crippen molar-refractivity contribution < 1.29 is 18.3 Å². The summed E-state index contributed by atoms with van der Waals surface area (Å²) < 4.78 is 38.8.